The molecule has 0 aliphatic heterocycles. The normalized spacial score (nSPS) is 11.3. The molecule has 0 N–H and O–H groups in total. The average molecular weight is 389 g/mol. The van der Waals surface area contributed by atoms with Crippen LogP contribution in [0.1, 0.15) is 43.4 Å². The molecule has 0 atom stereocenters. The van der Waals surface area contributed by atoms with E-state index in [1.54, 1.807) is 37.3 Å². The lowest BCUT2D eigenvalue weighted by Gasteiger charge is -2.05. The number of carbonyl (C=O) groups excluding carboxylic acids is 2. The van der Waals surface area contributed by atoms with Crippen LogP contribution in [0.5, 0.6) is 5.75 Å². The van der Waals surface area contributed by atoms with Gasteiger partial charge in [-0.05, 0) is 53.8 Å². The number of hydrogen-bond donors (Lipinski definition) is 0. The van der Waals surface area contributed by atoms with E-state index in [1.807, 2.05) is 30.3 Å². The Morgan fingerprint density at radius 1 is 1.10 bits per heavy atom. The molecule has 0 aromatic heterocycles. The van der Waals surface area contributed by atoms with Crippen LogP contribution in [0.3, 0.4) is 0 Å². The van der Waals surface area contributed by atoms with E-state index in [0.717, 1.165) is 5.56 Å². The highest BCUT2D eigenvalue weighted by Gasteiger charge is 2.10. The molecule has 148 valence electrons. The second-order valence-corrected chi connectivity index (χ2v) is 6.54. The van der Waals surface area contributed by atoms with Crippen molar-refractivity contribution in [2.45, 2.75) is 26.7 Å². The van der Waals surface area contributed by atoms with Crippen molar-refractivity contribution in [3.8, 4) is 11.8 Å². The highest BCUT2D eigenvalue weighted by atomic mass is 16.5. The van der Waals surface area contributed by atoms with Crippen molar-refractivity contribution >= 4 is 24.1 Å². The summed E-state index contributed by atoms with van der Waals surface area (Å²) in [6.07, 6.45) is 4.43. The first-order valence-corrected chi connectivity index (χ1v) is 9.31. The molecule has 0 heterocycles. The van der Waals surface area contributed by atoms with Crippen LogP contribution in [0.2, 0.25) is 0 Å². The molecule has 2 aromatic rings. The van der Waals surface area contributed by atoms with Crippen molar-refractivity contribution < 1.29 is 19.1 Å². The predicted molar refractivity (Wildman–Crippen MR) is 112 cm³/mol. The number of carbonyl (C=O) groups is 2. The Labute approximate surface area is 170 Å². The summed E-state index contributed by atoms with van der Waals surface area (Å²) in [5.74, 6) is -0.455. The molecule has 0 saturated carbocycles. The standard InChI is InChI=1S/C24H23NO4/c1-4-28-24(27)21(16-25)14-19-6-5-7-22(15-19)29-23(26)13-10-18-8-11-20(12-9-18)17(2)3/h5-15,17H,4H2,1-3H3/b13-10+,21-14+. The fourth-order valence-corrected chi connectivity index (χ4v) is 2.49. The second kappa shape index (κ2) is 10.6. The van der Waals surface area contributed by atoms with Crippen molar-refractivity contribution in [2.75, 3.05) is 6.61 Å². The van der Waals surface area contributed by atoms with Crippen LogP contribution in [-0.2, 0) is 14.3 Å². The quantitative estimate of drug-likeness (QED) is 0.291. The number of ether oxygens (including phenoxy) is 2. The van der Waals surface area contributed by atoms with Crippen LogP contribution < -0.4 is 4.74 Å². The molecule has 2 aromatic carbocycles. The summed E-state index contributed by atoms with van der Waals surface area (Å²) in [6, 6.07) is 16.3. The predicted octanol–water partition coefficient (Wildman–Crippen LogP) is 4.90. The molecule has 0 fully saturated rings. The van der Waals surface area contributed by atoms with E-state index < -0.39 is 11.9 Å². The van der Waals surface area contributed by atoms with Crippen LogP contribution >= 0.6 is 0 Å². The Hall–Kier alpha value is -3.65. The van der Waals surface area contributed by atoms with Gasteiger partial charge in [0.05, 0.1) is 6.61 Å². The SMILES string of the molecule is CCOC(=O)/C(C#N)=C/c1cccc(OC(=O)/C=C/c2ccc(C(C)C)cc2)c1. The third-order valence-corrected chi connectivity index (χ3v) is 4.02. The van der Waals surface area contributed by atoms with Crippen LogP contribution in [0.25, 0.3) is 12.2 Å². The summed E-state index contributed by atoms with van der Waals surface area (Å²) >= 11 is 0. The van der Waals surface area contributed by atoms with Crippen LogP contribution in [0, 0.1) is 11.3 Å². The summed E-state index contributed by atoms with van der Waals surface area (Å²) in [5.41, 5.74) is 2.55. The number of nitriles is 1. The molecule has 0 amide bonds. The lowest BCUT2D eigenvalue weighted by Crippen LogP contribution is -2.06. The van der Waals surface area contributed by atoms with Crippen molar-refractivity contribution in [3.05, 3.63) is 76.9 Å². The number of esters is 2. The molecule has 0 radical (unpaired) electrons. The lowest BCUT2D eigenvalue weighted by molar-refractivity contribution is -0.138. The zero-order valence-electron chi connectivity index (χ0n) is 16.7. The smallest absolute Gasteiger partial charge is 0.348 e. The summed E-state index contributed by atoms with van der Waals surface area (Å²) in [7, 11) is 0. The van der Waals surface area contributed by atoms with Gasteiger partial charge in [0.15, 0.2) is 0 Å². The van der Waals surface area contributed by atoms with Gasteiger partial charge in [-0.1, -0.05) is 50.2 Å². The first-order chi connectivity index (χ1) is 13.9. The molecule has 0 aliphatic rings. The van der Waals surface area contributed by atoms with E-state index in [0.29, 0.717) is 17.2 Å². The van der Waals surface area contributed by atoms with E-state index in [2.05, 4.69) is 13.8 Å². The third kappa shape index (κ3) is 6.78. The van der Waals surface area contributed by atoms with Gasteiger partial charge in [-0.2, -0.15) is 5.26 Å². The minimum Gasteiger partial charge on any atom is -0.462 e. The Morgan fingerprint density at radius 3 is 2.45 bits per heavy atom. The summed E-state index contributed by atoms with van der Waals surface area (Å²) in [6.45, 7) is 6.09. The maximum atomic E-state index is 12.1. The van der Waals surface area contributed by atoms with Crippen molar-refractivity contribution in [3.63, 3.8) is 0 Å². The van der Waals surface area contributed by atoms with Gasteiger partial charge in [0, 0.05) is 6.08 Å². The van der Waals surface area contributed by atoms with E-state index in [4.69, 9.17) is 14.7 Å². The number of hydrogen-bond acceptors (Lipinski definition) is 5. The summed E-state index contributed by atoms with van der Waals surface area (Å²) < 4.78 is 10.1. The molecular weight excluding hydrogens is 366 g/mol. The highest BCUT2D eigenvalue weighted by Crippen LogP contribution is 2.18. The largest absolute Gasteiger partial charge is 0.462 e. The molecular formula is C24H23NO4. The highest BCUT2D eigenvalue weighted by molar-refractivity contribution is 5.98. The van der Waals surface area contributed by atoms with Gasteiger partial charge in [0.25, 0.3) is 0 Å². The lowest BCUT2D eigenvalue weighted by atomic mass is 10.0. The number of nitrogens with zero attached hydrogens (tertiary/aromatic N) is 1. The molecule has 5 nitrogen and oxygen atoms in total. The molecule has 0 unspecified atom stereocenters. The number of rotatable bonds is 7. The first-order valence-electron chi connectivity index (χ1n) is 9.31. The van der Waals surface area contributed by atoms with E-state index in [9.17, 15) is 9.59 Å². The van der Waals surface area contributed by atoms with Crippen molar-refractivity contribution in [1.82, 2.24) is 0 Å². The molecule has 0 spiro atoms. The first kappa shape index (κ1) is 21.6. The Bertz CT molecular complexity index is 963. The van der Waals surface area contributed by atoms with Gasteiger partial charge in [0.2, 0.25) is 0 Å². The van der Waals surface area contributed by atoms with Gasteiger partial charge >= 0.3 is 11.9 Å². The fraction of sp³-hybridized carbons (Fsp3) is 0.208. The average Bonchev–Trinajstić information content (AvgIpc) is 2.71. The molecule has 5 heteroatoms. The molecule has 0 bridgehead atoms. The third-order valence-electron chi connectivity index (χ3n) is 4.02. The monoisotopic (exact) mass is 389 g/mol. The molecule has 2 rings (SSSR count). The number of benzene rings is 2. The van der Waals surface area contributed by atoms with E-state index >= 15 is 0 Å². The van der Waals surface area contributed by atoms with Crippen LogP contribution in [-0.4, -0.2) is 18.5 Å². The summed E-state index contributed by atoms with van der Waals surface area (Å²) in [4.78, 5) is 23.8. The van der Waals surface area contributed by atoms with Crippen molar-refractivity contribution in [1.29, 1.82) is 5.26 Å². The second-order valence-electron chi connectivity index (χ2n) is 6.54. The maximum Gasteiger partial charge on any atom is 0.348 e. The van der Waals surface area contributed by atoms with Gasteiger partial charge < -0.3 is 9.47 Å². The van der Waals surface area contributed by atoms with E-state index in [-0.39, 0.29) is 12.2 Å². The minimum absolute atomic E-state index is 0.125. The Kier molecular flexibility index (Phi) is 7.93. The van der Waals surface area contributed by atoms with Crippen LogP contribution in [0.15, 0.2) is 60.2 Å². The van der Waals surface area contributed by atoms with Crippen LogP contribution in [0.4, 0.5) is 0 Å². The summed E-state index contributed by atoms with van der Waals surface area (Å²) in [5, 5.41) is 9.11. The molecule has 29 heavy (non-hydrogen) atoms. The zero-order valence-corrected chi connectivity index (χ0v) is 16.7. The van der Waals surface area contributed by atoms with E-state index in [1.165, 1.54) is 17.7 Å². The molecule has 0 saturated heterocycles. The zero-order chi connectivity index (χ0) is 21.2. The topological polar surface area (TPSA) is 76.4 Å². The van der Waals surface area contributed by atoms with Crippen molar-refractivity contribution in [2.24, 2.45) is 0 Å². The fourth-order valence-electron chi connectivity index (χ4n) is 2.49. The Morgan fingerprint density at radius 2 is 1.83 bits per heavy atom. The minimum atomic E-state index is -0.691. The maximum absolute atomic E-state index is 12.1. The van der Waals surface area contributed by atoms with Gasteiger partial charge in [0.1, 0.15) is 17.4 Å². The van der Waals surface area contributed by atoms with Gasteiger partial charge in [-0.25, -0.2) is 9.59 Å². The van der Waals surface area contributed by atoms with Gasteiger partial charge in [-0.15, -0.1) is 0 Å². The van der Waals surface area contributed by atoms with Gasteiger partial charge in [-0.3, -0.25) is 0 Å². The Balaban J connectivity index is 2.06. The molecule has 0 aliphatic carbocycles.